The number of thiazole rings is 1. The standard InChI is InChI=1S/C19H15FN2O3S/c1-13-18(26-12-22-13)11-24-19(23)7-5-14-4-6-17(16(20)9-14)25-15-3-2-8-21-10-15/h2-10,12H,11H2,1H3/b7-5+. The fraction of sp³-hybridized carbons (Fsp3) is 0.105. The quantitative estimate of drug-likeness (QED) is 0.471. The van der Waals surface area contributed by atoms with Gasteiger partial charge in [0.2, 0.25) is 0 Å². The third-order valence-corrected chi connectivity index (χ3v) is 4.33. The highest BCUT2D eigenvalue weighted by molar-refractivity contribution is 7.09. The van der Waals surface area contributed by atoms with Crippen LogP contribution < -0.4 is 4.74 Å². The largest absolute Gasteiger partial charge is 0.457 e. The number of esters is 1. The van der Waals surface area contributed by atoms with Gasteiger partial charge < -0.3 is 9.47 Å². The molecule has 0 saturated heterocycles. The van der Waals surface area contributed by atoms with E-state index >= 15 is 0 Å². The minimum absolute atomic E-state index is 0.0818. The van der Waals surface area contributed by atoms with Crippen LogP contribution in [0.25, 0.3) is 6.08 Å². The molecular weight excluding hydrogens is 355 g/mol. The molecule has 3 aromatic rings. The third-order valence-electron chi connectivity index (χ3n) is 3.42. The first-order valence-electron chi connectivity index (χ1n) is 7.73. The highest BCUT2D eigenvalue weighted by Crippen LogP contribution is 2.24. The van der Waals surface area contributed by atoms with Gasteiger partial charge in [0.15, 0.2) is 11.6 Å². The highest BCUT2D eigenvalue weighted by Gasteiger charge is 2.07. The lowest BCUT2D eigenvalue weighted by molar-refractivity contribution is -0.138. The molecule has 0 unspecified atom stereocenters. The Morgan fingerprint density at radius 2 is 2.23 bits per heavy atom. The minimum Gasteiger partial charge on any atom is -0.457 e. The van der Waals surface area contributed by atoms with Gasteiger partial charge in [-0.25, -0.2) is 14.2 Å². The fourth-order valence-corrected chi connectivity index (χ4v) is 2.74. The summed E-state index contributed by atoms with van der Waals surface area (Å²) in [5.74, 6) is -0.520. The molecule has 0 aliphatic heterocycles. The second-order valence-electron chi connectivity index (χ2n) is 5.28. The number of pyridine rings is 1. The van der Waals surface area contributed by atoms with Crippen LogP contribution in [0.15, 0.2) is 54.3 Å². The van der Waals surface area contributed by atoms with E-state index in [9.17, 15) is 9.18 Å². The van der Waals surface area contributed by atoms with E-state index in [1.54, 1.807) is 29.9 Å². The molecule has 0 bridgehead atoms. The Morgan fingerprint density at radius 3 is 2.92 bits per heavy atom. The van der Waals surface area contributed by atoms with E-state index in [2.05, 4.69) is 9.97 Å². The van der Waals surface area contributed by atoms with Crippen molar-refractivity contribution in [1.29, 1.82) is 0 Å². The van der Waals surface area contributed by atoms with Gasteiger partial charge in [-0.05, 0) is 42.8 Å². The fourth-order valence-electron chi connectivity index (χ4n) is 2.05. The molecule has 0 radical (unpaired) electrons. The van der Waals surface area contributed by atoms with Gasteiger partial charge in [0.25, 0.3) is 0 Å². The summed E-state index contributed by atoms with van der Waals surface area (Å²) in [5.41, 5.74) is 3.07. The first kappa shape index (κ1) is 17.8. The van der Waals surface area contributed by atoms with Crippen molar-refractivity contribution >= 4 is 23.4 Å². The van der Waals surface area contributed by atoms with Gasteiger partial charge in [0, 0.05) is 12.3 Å². The van der Waals surface area contributed by atoms with Crippen LogP contribution in [0.1, 0.15) is 16.1 Å². The molecule has 0 spiro atoms. The number of carbonyl (C=O) groups excluding carboxylic acids is 1. The number of aryl methyl sites for hydroxylation is 1. The summed E-state index contributed by atoms with van der Waals surface area (Å²) in [4.78, 5) is 20.7. The Kier molecular flexibility index (Phi) is 5.70. The average Bonchev–Trinajstić information content (AvgIpc) is 3.06. The molecule has 2 aromatic heterocycles. The number of nitrogens with zero attached hydrogens (tertiary/aromatic N) is 2. The number of benzene rings is 1. The van der Waals surface area contributed by atoms with Crippen molar-refractivity contribution in [2.45, 2.75) is 13.5 Å². The number of hydrogen-bond acceptors (Lipinski definition) is 6. The van der Waals surface area contributed by atoms with Crippen molar-refractivity contribution in [3.63, 3.8) is 0 Å². The van der Waals surface area contributed by atoms with Crippen LogP contribution in [0.4, 0.5) is 4.39 Å². The summed E-state index contributed by atoms with van der Waals surface area (Å²) >= 11 is 1.43. The summed E-state index contributed by atoms with van der Waals surface area (Å²) in [5, 5.41) is 0. The van der Waals surface area contributed by atoms with Crippen molar-refractivity contribution in [2.24, 2.45) is 0 Å². The average molecular weight is 370 g/mol. The number of carbonyl (C=O) groups is 1. The molecule has 0 fully saturated rings. The normalized spacial score (nSPS) is 10.8. The van der Waals surface area contributed by atoms with Gasteiger partial charge in [-0.15, -0.1) is 11.3 Å². The van der Waals surface area contributed by atoms with Crippen molar-refractivity contribution in [2.75, 3.05) is 0 Å². The molecule has 0 saturated carbocycles. The van der Waals surface area contributed by atoms with Crippen LogP contribution in [0.2, 0.25) is 0 Å². The van der Waals surface area contributed by atoms with Crippen LogP contribution in [-0.2, 0) is 16.1 Å². The van der Waals surface area contributed by atoms with E-state index in [-0.39, 0.29) is 12.4 Å². The number of ether oxygens (including phenoxy) is 2. The zero-order chi connectivity index (χ0) is 18.4. The zero-order valence-corrected chi connectivity index (χ0v) is 14.7. The summed E-state index contributed by atoms with van der Waals surface area (Å²) in [7, 11) is 0. The van der Waals surface area contributed by atoms with Gasteiger partial charge in [-0.2, -0.15) is 0 Å². The maximum atomic E-state index is 14.1. The first-order chi connectivity index (χ1) is 12.6. The maximum absolute atomic E-state index is 14.1. The van der Waals surface area contributed by atoms with Crippen LogP contribution in [-0.4, -0.2) is 15.9 Å². The smallest absolute Gasteiger partial charge is 0.331 e. The summed E-state index contributed by atoms with van der Waals surface area (Å²) < 4.78 is 24.7. The number of hydrogen-bond donors (Lipinski definition) is 0. The summed E-state index contributed by atoms with van der Waals surface area (Å²) in [6.45, 7) is 2.03. The molecule has 0 aliphatic rings. The predicted molar refractivity (Wildman–Crippen MR) is 96.4 cm³/mol. The number of halogens is 1. The second kappa shape index (κ2) is 8.35. The Morgan fingerprint density at radius 1 is 1.35 bits per heavy atom. The lowest BCUT2D eigenvalue weighted by Crippen LogP contribution is -2.00. The molecule has 0 amide bonds. The highest BCUT2D eigenvalue weighted by atomic mass is 32.1. The SMILES string of the molecule is Cc1ncsc1COC(=O)/C=C/c1ccc(Oc2cccnc2)c(F)c1. The molecule has 0 N–H and O–H groups in total. The van der Waals surface area contributed by atoms with Gasteiger partial charge in [0.05, 0.1) is 22.3 Å². The third kappa shape index (κ3) is 4.73. The Labute approximate surface area is 153 Å². The molecule has 7 heteroatoms. The van der Waals surface area contributed by atoms with Gasteiger partial charge in [-0.3, -0.25) is 4.98 Å². The van der Waals surface area contributed by atoms with Crippen molar-refractivity contribution in [3.8, 4) is 11.5 Å². The van der Waals surface area contributed by atoms with E-state index in [4.69, 9.17) is 9.47 Å². The molecule has 26 heavy (non-hydrogen) atoms. The van der Waals surface area contributed by atoms with Crippen molar-refractivity contribution < 1.29 is 18.7 Å². The van der Waals surface area contributed by atoms with Crippen LogP contribution in [0.5, 0.6) is 11.5 Å². The van der Waals surface area contributed by atoms with Gasteiger partial charge in [0.1, 0.15) is 12.4 Å². The van der Waals surface area contributed by atoms with Crippen LogP contribution in [0.3, 0.4) is 0 Å². The molecular formula is C19H15FN2O3S. The van der Waals surface area contributed by atoms with E-state index in [1.165, 1.54) is 41.8 Å². The number of aromatic nitrogens is 2. The topological polar surface area (TPSA) is 61.3 Å². The van der Waals surface area contributed by atoms with Crippen molar-refractivity contribution in [1.82, 2.24) is 9.97 Å². The Balaban J connectivity index is 1.59. The van der Waals surface area contributed by atoms with Crippen molar-refractivity contribution in [3.05, 3.63) is 76.3 Å². The first-order valence-corrected chi connectivity index (χ1v) is 8.61. The van der Waals surface area contributed by atoms with E-state index in [1.807, 2.05) is 6.92 Å². The van der Waals surface area contributed by atoms with Gasteiger partial charge >= 0.3 is 5.97 Å². The number of rotatable bonds is 6. The predicted octanol–water partition coefficient (Wildman–Crippen LogP) is 4.53. The van der Waals surface area contributed by atoms with Gasteiger partial charge in [-0.1, -0.05) is 6.07 Å². The van der Waals surface area contributed by atoms with Crippen LogP contribution in [0, 0.1) is 12.7 Å². The Hall–Kier alpha value is -3.06. The second-order valence-corrected chi connectivity index (χ2v) is 6.22. The zero-order valence-electron chi connectivity index (χ0n) is 13.9. The molecule has 2 heterocycles. The van der Waals surface area contributed by atoms with E-state index in [0.717, 1.165) is 10.6 Å². The lowest BCUT2D eigenvalue weighted by atomic mass is 10.2. The molecule has 0 atom stereocenters. The lowest BCUT2D eigenvalue weighted by Gasteiger charge is -2.06. The summed E-state index contributed by atoms with van der Waals surface area (Å²) in [6.07, 6.45) is 5.84. The molecule has 5 nitrogen and oxygen atoms in total. The minimum atomic E-state index is -0.537. The molecule has 132 valence electrons. The maximum Gasteiger partial charge on any atom is 0.331 e. The summed E-state index contributed by atoms with van der Waals surface area (Å²) in [6, 6.07) is 7.80. The molecule has 0 aliphatic carbocycles. The monoisotopic (exact) mass is 370 g/mol. The van der Waals surface area contributed by atoms with Crippen LogP contribution >= 0.6 is 11.3 Å². The van der Waals surface area contributed by atoms with E-state index < -0.39 is 11.8 Å². The molecule has 3 rings (SSSR count). The Bertz CT molecular complexity index is 926. The molecule has 1 aromatic carbocycles. The van der Waals surface area contributed by atoms with E-state index in [0.29, 0.717) is 11.3 Å².